The maximum atomic E-state index is 13.1. The zero-order valence-corrected chi connectivity index (χ0v) is 17.4. The van der Waals surface area contributed by atoms with Crippen molar-refractivity contribution in [3.05, 3.63) is 40.8 Å². The fourth-order valence-corrected chi connectivity index (χ4v) is 5.26. The van der Waals surface area contributed by atoms with Gasteiger partial charge in [0, 0.05) is 24.3 Å². The van der Waals surface area contributed by atoms with Crippen LogP contribution in [0.15, 0.2) is 27.6 Å². The summed E-state index contributed by atoms with van der Waals surface area (Å²) in [5, 5.41) is 6.65. The monoisotopic (exact) mass is 405 g/mol. The molecule has 1 N–H and O–H groups in total. The van der Waals surface area contributed by atoms with Crippen LogP contribution in [0.1, 0.15) is 48.3 Å². The molecule has 0 unspecified atom stereocenters. The Bertz CT molecular complexity index is 938. The third kappa shape index (κ3) is 4.44. The number of carbonyl (C=O) groups excluding carboxylic acids is 1. The van der Waals surface area contributed by atoms with Crippen molar-refractivity contribution >= 4 is 21.6 Å². The van der Waals surface area contributed by atoms with E-state index in [1.165, 1.54) is 0 Å². The van der Waals surface area contributed by atoms with E-state index < -0.39 is 10.0 Å². The standard InChI is InChI=1S/C20H27N3O4S/c1-14-8-9-17(21-20(24)13-18-15(2)22-27-16(18)3)12-19(14)28(25,26)23-10-6-4-5-7-11-23/h8-9,12H,4-7,10-11,13H2,1-3H3,(H,21,24). The average Bonchev–Trinajstić information content (AvgIpc) is 2.86. The van der Waals surface area contributed by atoms with Crippen molar-refractivity contribution < 1.29 is 17.7 Å². The molecule has 7 nitrogen and oxygen atoms in total. The van der Waals surface area contributed by atoms with Gasteiger partial charge in [-0.05, 0) is 51.3 Å². The molecule has 1 fully saturated rings. The van der Waals surface area contributed by atoms with Gasteiger partial charge in [0.25, 0.3) is 0 Å². The van der Waals surface area contributed by atoms with Crippen molar-refractivity contribution in [1.82, 2.24) is 9.46 Å². The minimum atomic E-state index is -3.58. The van der Waals surface area contributed by atoms with Gasteiger partial charge in [-0.3, -0.25) is 4.79 Å². The lowest BCUT2D eigenvalue weighted by Gasteiger charge is -2.21. The fourth-order valence-electron chi connectivity index (χ4n) is 3.50. The van der Waals surface area contributed by atoms with E-state index in [0.717, 1.165) is 31.2 Å². The Hall–Kier alpha value is -2.19. The molecule has 2 aromatic rings. The van der Waals surface area contributed by atoms with Gasteiger partial charge in [-0.15, -0.1) is 0 Å². The van der Waals surface area contributed by atoms with Gasteiger partial charge in [0.15, 0.2) is 0 Å². The number of nitrogens with zero attached hydrogens (tertiary/aromatic N) is 2. The molecule has 1 saturated heterocycles. The number of nitrogens with one attached hydrogen (secondary N) is 1. The van der Waals surface area contributed by atoms with Gasteiger partial charge in [0.2, 0.25) is 15.9 Å². The second kappa shape index (κ2) is 8.45. The number of aryl methyl sites for hydroxylation is 3. The summed E-state index contributed by atoms with van der Waals surface area (Å²) in [5.74, 6) is 0.373. The van der Waals surface area contributed by atoms with E-state index in [-0.39, 0.29) is 17.2 Å². The zero-order valence-electron chi connectivity index (χ0n) is 16.6. The van der Waals surface area contributed by atoms with Gasteiger partial charge in [0.05, 0.1) is 17.0 Å². The molecule has 0 atom stereocenters. The Morgan fingerprint density at radius 3 is 2.43 bits per heavy atom. The molecule has 3 rings (SSSR count). The molecule has 0 saturated carbocycles. The first-order valence-electron chi connectivity index (χ1n) is 9.61. The molecule has 8 heteroatoms. The van der Waals surface area contributed by atoms with Crippen LogP contribution >= 0.6 is 0 Å². The second-order valence-electron chi connectivity index (χ2n) is 7.33. The van der Waals surface area contributed by atoms with Crippen LogP contribution in [-0.2, 0) is 21.2 Å². The number of benzene rings is 1. The number of amides is 1. The summed E-state index contributed by atoms with van der Waals surface area (Å²) in [6.45, 7) is 6.42. The number of anilines is 1. The molecule has 0 spiro atoms. The predicted octanol–water partition coefficient (Wildman–Crippen LogP) is 3.35. The largest absolute Gasteiger partial charge is 0.361 e. The van der Waals surface area contributed by atoms with Crippen LogP contribution in [-0.4, -0.2) is 36.9 Å². The van der Waals surface area contributed by atoms with Crippen LogP contribution in [0.2, 0.25) is 0 Å². The summed E-state index contributed by atoms with van der Waals surface area (Å²) in [4.78, 5) is 12.7. The van der Waals surface area contributed by atoms with E-state index in [4.69, 9.17) is 4.52 Å². The van der Waals surface area contributed by atoms with Crippen molar-refractivity contribution in [2.45, 2.75) is 57.8 Å². The topological polar surface area (TPSA) is 92.5 Å². The molecule has 0 bridgehead atoms. The molecular weight excluding hydrogens is 378 g/mol. The van der Waals surface area contributed by atoms with E-state index in [1.54, 1.807) is 43.3 Å². The van der Waals surface area contributed by atoms with Gasteiger partial charge >= 0.3 is 0 Å². The van der Waals surface area contributed by atoms with Crippen LogP contribution in [0.3, 0.4) is 0 Å². The summed E-state index contributed by atoms with van der Waals surface area (Å²) < 4.78 is 32.9. The SMILES string of the molecule is Cc1ccc(NC(=O)Cc2c(C)noc2C)cc1S(=O)(=O)N1CCCCCC1. The third-order valence-corrected chi connectivity index (χ3v) is 7.21. The first-order valence-corrected chi connectivity index (χ1v) is 11.1. The Kier molecular flexibility index (Phi) is 6.20. The third-order valence-electron chi connectivity index (χ3n) is 5.17. The minimum Gasteiger partial charge on any atom is -0.361 e. The van der Waals surface area contributed by atoms with Gasteiger partial charge in [-0.25, -0.2) is 8.42 Å². The molecule has 0 aliphatic carbocycles. The van der Waals surface area contributed by atoms with Gasteiger partial charge < -0.3 is 9.84 Å². The van der Waals surface area contributed by atoms with Gasteiger partial charge in [0.1, 0.15) is 5.76 Å². The number of sulfonamides is 1. The molecule has 1 aliphatic heterocycles. The number of aromatic nitrogens is 1. The quantitative estimate of drug-likeness (QED) is 0.823. The summed E-state index contributed by atoms with van der Waals surface area (Å²) >= 11 is 0. The lowest BCUT2D eigenvalue weighted by Crippen LogP contribution is -2.32. The molecule has 0 radical (unpaired) electrons. The van der Waals surface area contributed by atoms with Gasteiger partial charge in [-0.1, -0.05) is 24.1 Å². The van der Waals surface area contributed by atoms with Crippen molar-refractivity contribution in [1.29, 1.82) is 0 Å². The van der Waals surface area contributed by atoms with E-state index in [0.29, 0.717) is 35.8 Å². The average molecular weight is 406 g/mol. The van der Waals surface area contributed by atoms with Crippen LogP contribution in [0.25, 0.3) is 0 Å². The maximum Gasteiger partial charge on any atom is 0.243 e. The number of hydrogen-bond donors (Lipinski definition) is 1. The maximum absolute atomic E-state index is 13.1. The number of hydrogen-bond acceptors (Lipinski definition) is 5. The molecule has 1 aliphatic rings. The van der Waals surface area contributed by atoms with E-state index in [9.17, 15) is 13.2 Å². The van der Waals surface area contributed by atoms with E-state index in [1.807, 2.05) is 0 Å². The number of rotatable bonds is 5. The Morgan fingerprint density at radius 1 is 1.14 bits per heavy atom. The molecule has 28 heavy (non-hydrogen) atoms. The highest BCUT2D eigenvalue weighted by molar-refractivity contribution is 7.89. The van der Waals surface area contributed by atoms with Gasteiger partial charge in [-0.2, -0.15) is 4.31 Å². The van der Waals surface area contributed by atoms with Crippen molar-refractivity contribution in [2.75, 3.05) is 18.4 Å². The first-order chi connectivity index (χ1) is 13.3. The molecule has 152 valence electrons. The summed E-state index contributed by atoms with van der Waals surface area (Å²) in [6.07, 6.45) is 4.01. The van der Waals surface area contributed by atoms with Crippen molar-refractivity contribution in [3.8, 4) is 0 Å². The molecule has 2 heterocycles. The normalized spacial score (nSPS) is 16.0. The molecular formula is C20H27N3O4S. The smallest absolute Gasteiger partial charge is 0.243 e. The van der Waals surface area contributed by atoms with Crippen LogP contribution in [0.5, 0.6) is 0 Å². The highest BCUT2D eigenvalue weighted by Crippen LogP contribution is 2.26. The highest BCUT2D eigenvalue weighted by atomic mass is 32.2. The Balaban J connectivity index is 1.80. The Morgan fingerprint density at radius 2 is 1.82 bits per heavy atom. The summed E-state index contributed by atoms with van der Waals surface area (Å²) in [7, 11) is -3.58. The summed E-state index contributed by atoms with van der Waals surface area (Å²) in [5.41, 5.74) is 2.58. The molecule has 1 aromatic carbocycles. The highest BCUT2D eigenvalue weighted by Gasteiger charge is 2.27. The zero-order chi connectivity index (χ0) is 20.3. The Labute approximate surface area is 166 Å². The van der Waals surface area contributed by atoms with E-state index in [2.05, 4.69) is 10.5 Å². The van der Waals surface area contributed by atoms with Crippen LogP contribution in [0, 0.1) is 20.8 Å². The molecule has 1 amide bonds. The molecule has 1 aromatic heterocycles. The number of carbonyl (C=O) groups is 1. The minimum absolute atomic E-state index is 0.128. The lowest BCUT2D eigenvalue weighted by molar-refractivity contribution is -0.115. The van der Waals surface area contributed by atoms with Crippen molar-refractivity contribution in [2.24, 2.45) is 0 Å². The lowest BCUT2D eigenvalue weighted by atomic mass is 10.1. The fraction of sp³-hybridized carbons (Fsp3) is 0.500. The second-order valence-corrected chi connectivity index (χ2v) is 9.23. The van der Waals surface area contributed by atoms with Crippen LogP contribution < -0.4 is 5.32 Å². The first kappa shape index (κ1) is 20.5. The van der Waals surface area contributed by atoms with Crippen LogP contribution in [0.4, 0.5) is 5.69 Å². The van der Waals surface area contributed by atoms with Crippen molar-refractivity contribution in [3.63, 3.8) is 0 Å². The summed E-state index contributed by atoms with van der Waals surface area (Å²) in [6, 6.07) is 5.01. The van der Waals surface area contributed by atoms with E-state index >= 15 is 0 Å². The predicted molar refractivity (Wildman–Crippen MR) is 107 cm³/mol.